The largest absolute Gasteiger partial charge is 0.504 e. The first kappa shape index (κ1) is 41.9. The average Bonchev–Trinajstić information content (AvgIpc) is 3.16. The Hall–Kier alpha value is -8.13. The Morgan fingerprint density at radius 2 is 1.28 bits per heavy atom. The minimum atomic E-state index is 0. The van der Waals surface area contributed by atoms with E-state index in [0.29, 0.717) is 17.3 Å². The zero-order chi connectivity index (χ0) is 37.1. The van der Waals surface area contributed by atoms with Crippen LogP contribution in [-0.4, -0.2) is 22.2 Å². The Bertz CT molecular complexity index is 2130. The van der Waals surface area contributed by atoms with Crippen LogP contribution in [0.3, 0.4) is 0 Å². The van der Waals surface area contributed by atoms with Crippen LogP contribution in [0.1, 0.15) is 48.8 Å². The highest BCUT2D eigenvalue weighted by molar-refractivity contribution is 5.64. The molecule has 0 saturated carbocycles. The second-order valence-corrected chi connectivity index (χ2v) is 8.29. The molecule has 0 radical (unpaired) electrons. The van der Waals surface area contributed by atoms with Crippen LogP contribution < -0.4 is 10.1 Å². The maximum absolute atomic E-state index is 9.74. The Morgan fingerprint density at radius 3 is 1.70 bits per heavy atom. The lowest BCUT2D eigenvalue weighted by Crippen LogP contribution is -2.11. The summed E-state index contributed by atoms with van der Waals surface area (Å²) in [6.45, 7) is 5.54. The first-order valence-electron chi connectivity index (χ1n) is 14.1. The van der Waals surface area contributed by atoms with Crippen LogP contribution in [0.4, 0.5) is 5.82 Å². The summed E-state index contributed by atoms with van der Waals surface area (Å²) < 4.78 is 5.16. The molecular formula is C40H42N6O4. The third-order valence-corrected chi connectivity index (χ3v) is 5.23. The maximum atomic E-state index is 9.74. The van der Waals surface area contributed by atoms with Crippen molar-refractivity contribution < 1.29 is 19.8 Å². The fourth-order valence-corrected chi connectivity index (χ4v) is 3.26. The molecule has 10 heteroatoms. The van der Waals surface area contributed by atoms with Gasteiger partial charge in [0.05, 0.1) is 31.2 Å². The number of aromatic hydroxyl groups is 1. The van der Waals surface area contributed by atoms with Gasteiger partial charge in [0.25, 0.3) is 0 Å². The molecule has 50 heavy (non-hydrogen) atoms. The molecule has 2 aromatic carbocycles. The fourth-order valence-electron chi connectivity index (χ4n) is 3.26. The number of nitrogens with zero attached hydrogens (tertiary/aromatic N) is 4. The van der Waals surface area contributed by atoms with Gasteiger partial charge in [0, 0.05) is 25.5 Å². The molecule has 0 spiro atoms. The van der Waals surface area contributed by atoms with E-state index < -0.39 is 0 Å². The van der Waals surface area contributed by atoms with Gasteiger partial charge in [-0.3, -0.25) is 4.98 Å². The van der Waals surface area contributed by atoms with Gasteiger partial charge in [0.15, 0.2) is 11.5 Å². The van der Waals surface area contributed by atoms with Crippen molar-refractivity contribution in [1.29, 1.82) is 5.53 Å². The highest BCUT2D eigenvalue weighted by atomic mass is 16.7. The Balaban J connectivity index is -0.000000115. The number of rotatable bonds is 6. The predicted molar refractivity (Wildman–Crippen MR) is 211 cm³/mol. The van der Waals surface area contributed by atoms with E-state index in [1.165, 1.54) is 12.7 Å². The molecule has 1 atom stereocenters. The van der Waals surface area contributed by atoms with Crippen molar-refractivity contribution in [3.63, 3.8) is 0 Å². The fraction of sp³-hybridized carbons (Fsp3) is 0.150. The zero-order valence-electron chi connectivity index (χ0n) is 27.5. The van der Waals surface area contributed by atoms with Crippen LogP contribution in [0.15, 0.2) is 60.9 Å². The number of phenolic OH excluding ortho intramolecular Hbond substituents is 1. The molecule has 0 saturated heterocycles. The van der Waals surface area contributed by atoms with E-state index in [0.717, 1.165) is 12.0 Å². The highest BCUT2D eigenvalue weighted by Gasteiger charge is 2.11. The summed E-state index contributed by atoms with van der Waals surface area (Å²) in [6, 6.07) is 15.6. The molecule has 0 unspecified atom stereocenters. The zero-order valence-corrected chi connectivity index (χ0v) is 27.5. The van der Waals surface area contributed by atoms with Gasteiger partial charge in [-0.25, -0.2) is 4.98 Å². The monoisotopic (exact) mass is 670 g/mol. The van der Waals surface area contributed by atoms with Crippen LogP contribution in [0.5, 0.6) is 11.5 Å². The number of anilines is 1. The van der Waals surface area contributed by atoms with Gasteiger partial charge in [0.1, 0.15) is 5.82 Å². The number of hydrogen-bond acceptors (Lipinski definition) is 8. The summed E-state index contributed by atoms with van der Waals surface area (Å²) in [5.74, 6) is 46.8. The molecular weight excluding hydrogens is 628 g/mol. The topological polar surface area (TPSA) is 162 Å². The van der Waals surface area contributed by atoms with Crippen molar-refractivity contribution in [3.05, 3.63) is 86.9 Å². The van der Waals surface area contributed by atoms with Crippen molar-refractivity contribution in [3.8, 4) is 129 Å². The Labute approximate surface area is 302 Å². The minimum absolute atomic E-state index is 0. The van der Waals surface area contributed by atoms with Crippen LogP contribution >= 0.6 is 0 Å². The second-order valence-electron chi connectivity index (χ2n) is 8.29. The lowest BCUT2D eigenvalue weighted by molar-refractivity contribution is 0.373. The third-order valence-electron chi connectivity index (χ3n) is 5.23. The van der Waals surface area contributed by atoms with E-state index in [9.17, 15) is 5.11 Å². The van der Waals surface area contributed by atoms with Gasteiger partial charge in [-0.15, -0.1) is 5.53 Å². The number of methoxy groups -OCH3 is 1. The molecule has 3 rings (SSSR count). The van der Waals surface area contributed by atoms with E-state index in [-0.39, 0.29) is 21.8 Å². The normalized spacial score (nSPS) is 7.68. The van der Waals surface area contributed by atoms with Crippen LogP contribution in [-0.2, 0) is 0 Å². The van der Waals surface area contributed by atoms with Gasteiger partial charge < -0.3 is 15.2 Å². The minimum Gasteiger partial charge on any atom is -0.504 e. The van der Waals surface area contributed by atoms with E-state index in [4.69, 9.17) is 25.7 Å². The molecule has 0 bridgehead atoms. The van der Waals surface area contributed by atoms with Gasteiger partial charge in [-0.1, -0.05) is 49.1 Å². The molecule has 0 aliphatic heterocycles. The lowest BCUT2D eigenvalue weighted by Gasteiger charge is -2.18. The van der Waals surface area contributed by atoms with E-state index in [1.54, 1.807) is 49.4 Å². The Kier molecular flexibility index (Phi) is 24.8. The quantitative estimate of drug-likeness (QED) is 0.103. The Morgan fingerprint density at radius 1 is 0.820 bits per heavy atom. The molecule has 256 valence electrons. The first-order valence-corrected chi connectivity index (χ1v) is 14.1. The molecule has 0 amide bonds. The van der Waals surface area contributed by atoms with Crippen molar-refractivity contribution >= 4 is 5.82 Å². The highest BCUT2D eigenvalue weighted by Crippen LogP contribution is 2.31. The number of benzene rings is 2. The SMILES string of the molecule is CC#CC#CC#CC#CC#CC#CC#CC#CC#CC.CC[C@H](Nc1cncc(-c2ccc(O)c(OC)c2)n1)c1ccccc1.O=O.[HH].[HH].[HH].[HH].[HH].[HH].[HH].[N-]=[N+]=N. The van der Waals surface area contributed by atoms with Gasteiger partial charge in [-0.2, -0.15) is 0 Å². The third kappa shape index (κ3) is 19.3. The van der Waals surface area contributed by atoms with Gasteiger partial charge in [0.2, 0.25) is 0 Å². The molecule has 1 aromatic heterocycles. The van der Waals surface area contributed by atoms with Crippen LogP contribution in [0.25, 0.3) is 21.7 Å². The molecule has 0 aliphatic carbocycles. The maximum Gasteiger partial charge on any atom is 0.161 e. The summed E-state index contributed by atoms with van der Waals surface area (Å²) in [4.78, 5) is 24.7. The van der Waals surface area contributed by atoms with E-state index >= 15 is 0 Å². The molecule has 0 fully saturated rings. The van der Waals surface area contributed by atoms with E-state index in [1.807, 2.05) is 18.2 Å². The molecule has 10 nitrogen and oxygen atoms in total. The second kappa shape index (κ2) is 29.6. The van der Waals surface area contributed by atoms with Crippen molar-refractivity contribution in [2.45, 2.75) is 33.2 Å². The summed E-state index contributed by atoms with van der Waals surface area (Å²) in [5.41, 5.74) is 15.0. The van der Waals surface area contributed by atoms with Crippen LogP contribution in [0, 0.1) is 122 Å². The standard InChI is InChI=1S/C20H21N3O2.C20H6.HN3.O2.7H2/c1-3-16(14-7-5-4-6-8-14)22-20-13-21-12-17(23-20)15-9-10-18(24)19(11-15)25-2;1-3-5-7-9-11-13-15-17-19-20-18-16-14-12-10-8-6-4-2;1-3-2;1-2;;;;;;;/h4-13,16,24H,3H2,1-2H3,(H,22,23);1-2H3;1H;;7*1H/t16-;;;;;;;;;;/m0........../s1. The van der Waals surface area contributed by atoms with Crippen molar-refractivity contribution in [1.82, 2.24) is 9.97 Å². The number of aromatic nitrogens is 2. The molecule has 1 heterocycles. The first-order chi connectivity index (χ1) is 24.5. The van der Waals surface area contributed by atoms with Gasteiger partial charge in [-0.05, 0) is 149 Å². The van der Waals surface area contributed by atoms with Crippen molar-refractivity contribution in [2.24, 2.45) is 0 Å². The number of ether oxygens (including phenoxy) is 1. The van der Waals surface area contributed by atoms with Crippen LogP contribution in [0.2, 0.25) is 0 Å². The number of nitrogens with one attached hydrogen (secondary N) is 2. The van der Waals surface area contributed by atoms with E-state index in [2.05, 4.69) is 141 Å². The van der Waals surface area contributed by atoms with Gasteiger partial charge >= 0.3 is 0 Å². The smallest absolute Gasteiger partial charge is 0.161 e. The summed E-state index contributed by atoms with van der Waals surface area (Å²) >= 11 is 0. The summed E-state index contributed by atoms with van der Waals surface area (Å²) in [5, 5.41) is 13.2. The average molecular weight is 671 g/mol. The number of phenols is 1. The molecule has 3 aromatic rings. The summed E-state index contributed by atoms with van der Waals surface area (Å²) in [7, 11) is 1.52. The molecule has 0 aliphatic rings. The molecule has 3 N–H and O–H groups in total. The lowest BCUT2D eigenvalue weighted by atomic mass is 10.0. The summed E-state index contributed by atoms with van der Waals surface area (Å²) in [6.07, 6.45) is 4.34. The number of hydrogen-bond donors (Lipinski definition) is 3. The predicted octanol–water partition coefficient (Wildman–Crippen LogP) is 8.14. The van der Waals surface area contributed by atoms with Crippen molar-refractivity contribution in [2.75, 3.05) is 12.4 Å².